The zero-order valence-electron chi connectivity index (χ0n) is 17.7. The zero-order valence-corrected chi connectivity index (χ0v) is 18.5. The maximum absolute atomic E-state index is 6.55. The largest absolute Gasteiger partial charge is 0.497 e. The minimum atomic E-state index is 0.430. The molecule has 164 valence electrons. The van der Waals surface area contributed by atoms with E-state index < -0.39 is 0 Å². The second-order valence-corrected chi connectivity index (χ2v) is 7.71. The normalized spacial score (nSPS) is 11.0. The smallest absolute Gasteiger partial charge is 0.225 e. The van der Waals surface area contributed by atoms with Gasteiger partial charge in [-0.2, -0.15) is 4.98 Å². The lowest BCUT2D eigenvalue weighted by Crippen LogP contribution is -2.06. The Hall–Kier alpha value is -4.17. The summed E-state index contributed by atoms with van der Waals surface area (Å²) in [6.45, 7) is 0.474. The van der Waals surface area contributed by atoms with Crippen LogP contribution in [0.25, 0.3) is 28.0 Å². The van der Waals surface area contributed by atoms with E-state index in [1.54, 1.807) is 30.1 Å². The molecule has 0 aliphatic carbocycles. The van der Waals surface area contributed by atoms with E-state index in [1.165, 1.54) is 0 Å². The number of benzene rings is 2. The highest BCUT2D eigenvalue weighted by atomic mass is 35.5. The number of nitrogens with zero attached hydrogens (tertiary/aromatic N) is 5. The number of ether oxygens (including phenoxy) is 1. The van der Waals surface area contributed by atoms with Crippen molar-refractivity contribution in [2.45, 2.75) is 6.54 Å². The highest BCUT2D eigenvalue weighted by Crippen LogP contribution is 2.33. The fraction of sp³-hybridized carbons (Fsp3) is 0.0833. The molecule has 0 amide bonds. The maximum atomic E-state index is 6.55. The summed E-state index contributed by atoms with van der Waals surface area (Å²) in [5.41, 5.74) is 10.2. The van der Waals surface area contributed by atoms with Gasteiger partial charge < -0.3 is 15.8 Å². The molecular weight excluding hydrogens is 438 g/mol. The first kappa shape index (κ1) is 20.7. The van der Waals surface area contributed by atoms with Gasteiger partial charge in [0.25, 0.3) is 0 Å². The van der Waals surface area contributed by atoms with Crippen LogP contribution in [0.15, 0.2) is 72.9 Å². The number of hydrogen-bond acceptors (Lipinski definition) is 7. The first-order valence-electron chi connectivity index (χ1n) is 10.2. The van der Waals surface area contributed by atoms with Gasteiger partial charge in [-0.25, -0.2) is 9.67 Å². The standard InChI is InChI=1S/C24H20ClN7O/c1-33-19-11-5-15(6-12-19)21-20-22(26)32(18-9-7-16(25)8-10-18)31-23(20)30-24(29-21)28-14-17-4-2-3-13-27-17/h2-13H,14,26H2,1H3,(H,28,30,31). The van der Waals surface area contributed by atoms with Gasteiger partial charge in [0.15, 0.2) is 5.65 Å². The lowest BCUT2D eigenvalue weighted by molar-refractivity contribution is 0.415. The SMILES string of the molecule is COc1ccc(-c2nc(NCc3ccccn3)nc3nn(-c4ccc(Cl)cc4)c(N)c23)cc1. The highest BCUT2D eigenvalue weighted by Gasteiger charge is 2.19. The minimum Gasteiger partial charge on any atom is -0.497 e. The number of pyridine rings is 1. The monoisotopic (exact) mass is 457 g/mol. The topological polar surface area (TPSA) is 104 Å². The Balaban J connectivity index is 1.63. The predicted octanol–water partition coefficient (Wildman–Crippen LogP) is 4.73. The molecule has 3 N–H and O–H groups in total. The Morgan fingerprint density at radius 1 is 1.00 bits per heavy atom. The van der Waals surface area contributed by atoms with Crippen LogP contribution in [-0.4, -0.2) is 31.8 Å². The van der Waals surface area contributed by atoms with Gasteiger partial charge >= 0.3 is 0 Å². The van der Waals surface area contributed by atoms with Crippen molar-refractivity contribution in [2.24, 2.45) is 0 Å². The van der Waals surface area contributed by atoms with Crippen LogP contribution < -0.4 is 15.8 Å². The summed E-state index contributed by atoms with van der Waals surface area (Å²) >= 11 is 6.05. The van der Waals surface area contributed by atoms with Crippen LogP contribution in [0.3, 0.4) is 0 Å². The summed E-state index contributed by atoms with van der Waals surface area (Å²) in [4.78, 5) is 13.7. The molecular formula is C24H20ClN7O. The number of aromatic nitrogens is 5. The van der Waals surface area contributed by atoms with E-state index in [1.807, 2.05) is 54.6 Å². The van der Waals surface area contributed by atoms with Gasteiger partial charge in [-0.1, -0.05) is 17.7 Å². The van der Waals surface area contributed by atoms with E-state index >= 15 is 0 Å². The van der Waals surface area contributed by atoms with Crippen LogP contribution in [-0.2, 0) is 6.54 Å². The highest BCUT2D eigenvalue weighted by molar-refractivity contribution is 6.30. The third kappa shape index (κ3) is 4.16. The Kier molecular flexibility index (Phi) is 5.50. The molecule has 0 saturated heterocycles. The van der Waals surface area contributed by atoms with Crippen molar-refractivity contribution in [3.8, 4) is 22.7 Å². The number of methoxy groups -OCH3 is 1. The van der Waals surface area contributed by atoms with Gasteiger partial charge in [-0.3, -0.25) is 4.98 Å². The van der Waals surface area contributed by atoms with Crippen LogP contribution in [0.5, 0.6) is 5.75 Å². The number of hydrogen-bond donors (Lipinski definition) is 2. The average Bonchev–Trinajstić information content (AvgIpc) is 3.19. The lowest BCUT2D eigenvalue weighted by atomic mass is 10.1. The van der Waals surface area contributed by atoms with Crippen molar-refractivity contribution in [3.05, 3.63) is 83.6 Å². The van der Waals surface area contributed by atoms with E-state index in [0.717, 1.165) is 22.7 Å². The van der Waals surface area contributed by atoms with Gasteiger partial charge in [-0.15, -0.1) is 5.10 Å². The van der Waals surface area contributed by atoms with Crippen molar-refractivity contribution in [2.75, 3.05) is 18.2 Å². The summed E-state index contributed by atoms with van der Waals surface area (Å²) < 4.78 is 6.94. The number of nitrogen functional groups attached to an aromatic ring is 1. The summed E-state index contributed by atoms with van der Waals surface area (Å²) in [6, 6.07) is 20.7. The Bertz CT molecular complexity index is 1400. The molecule has 0 atom stereocenters. The van der Waals surface area contributed by atoms with Crippen molar-refractivity contribution in [1.29, 1.82) is 0 Å². The number of nitrogens with one attached hydrogen (secondary N) is 1. The van der Waals surface area contributed by atoms with E-state index in [4.69, 9.17) is 27.1 Å². The van der Waals surface area contributed by atoms with Gasteiger partial charge in [0, 0.05) is 16.8 Å². The Morgan fingerprint density at radius 3 is 2.48 bits per heavy atom. The zero-order chi connectivity index (χ0) is 22.8. The van der Waals surface area contributed by atoms with Crippen LogP contribution >= 0.6 is 11.6 Å². The third-order valence-electron chi connectivity index (χ3n) is 5.16. The van der Waals surface area contributed by atoms with Gasteiger partial charge in [0.1, 0.15) is 11.6 Å². The molecule has 0 radical (unpaired) electrons. The molecule has 0 aliphatic heterocycles. The number of halogens is 1. The molecule has 0 fully saturated rings. The van der Waals surface area contributed by atoms with Gasteiger partial charge in [-0.05, 0) is 60.7 Å². The minimum absolute atomic E-state index is 0.430. The van der Waals surface area contributed by atoms with Crippen molar-refractivity contribution < 1.29 is 4.74 Å². The van der Waals surface area contributed by atoms with E-state index in [0.29, 0.717) is 40.1 Å². The van der Waals surface area contributed by atoms with Gasteiger partial charge in [0.2, 0.25) is 5.95 Å². The fourth-order valence-electron chi connectivity index (χ4n) is 3.50. The van der Waals surface area contributed by atoms with Crippen molar-refractivity contribution >= 4 is 34.4 Å². The van der Waals surface area contributed by atoms with E-state index in [9.17, 15) is 0 Å². The van der Waals surface area contributed by atoms with Crippen LogP contribution in [0.1, 0.15) is 5.69 Å². The summed E-state index contributed by atoms with van der Waals surface area (Å²) in [6.07, 6.45) is 1.75. The quantitative estimate of drug-likeness (QED) is 0.379. The molecule has 2 aromatic carbocycles. The molecule has 8 nitrogen and oxygen atoms in total. The number of nitrogens with two attached hydrogens (primary N) is 1. The fourth-order valence-corrected chi connectivity index (χ4v) is 3.63. The van der Waals surface area contributed by atoms with Crippen LogP contribution in [0, 0.1) is 0 Å². The van der Waals surface area contributed by atoms with Gasteiger partial charge in [0.05, 0.1) is 36.1 Å². The molecule has 0 spiro atoms. The number of anilines is 2. The van der Waals surface area contributed by atoms with Crippen molar-refractivity contribution in [3.63, 3.8) is 0 Å². The molecule has 33 heavy (non-hydrogen) atoms. The first-order valence-corrected chi connectivity index (χ1v) is 10.6. The average molecular weight is 458 g/mol. The van der Waals surface area contributed by atoms with E-state index in [2.05, 4.69) is 20.4 Å². The summed E-state index contributed by atoms with van der Waals surface area (Å²) in [5.74, 6) is 1.62. The van der Waals surface area contributed by atoms with E-state index in [-0.39, 0.29) is 0 Å². The summed E-state index contributed by atoms with van der Waals surface area (Å²) in [5, 5.41) is 9.21. The second-order valence-electron chi connectivity index (χ2n) is 7.27. The molecule has 0 aliphatic rings. The molecule has 0 unspecified atom stereocenters. The molecule has 5 aromatic rings. The number of rotatable bonds is 6. The van der Waals surface area contributed by atoms with Crippen LogP contribution in [0.2, 0.25) is 5.02 Å². The van der Waals surface area contributed by atoms with Crippen LogP contribution in [0.4, 0.5) is 11.8 Å². The lowest BCUT2D eigenvalue weighted by Gasteiger charge is -2.09. The summed E-state index contributed by atoms with van der Waals surface area (Å²) in [7, 11) is 1.63. The maximum Gasteiger partial charge on any atom is 0.225 e. The Morgan fingerprint density at radius 2 is 1.79 bits per heavy atom. The third-order valence-corrected chi connectivity index (χ3v) is 5.41. The molecule has 3 heterocycles. The van der Waals surface area contributed by atoms with Crippen molar-refractivity contribution in [1.82, 2.24) is 24.7 Å². The molecule has 3 aromatic heterocycles. The molecule has 9 heteroatoms. The number of fused-ring (bicyclic) bond motifs is 1. The molecule has 0 bridgehead atoms. The molecule has 5 rings (SSSR count). The molecule has 0 saturated carbocycles. The predicted molar refractivity (Wildman–Crippen MR) is 130 cm³/mol. The second kappa shape index (κ2) is 8.76. The Labute approximate surface area is 195 Å². The first-order chi connectivity index (χ1) is 16.1.